The van der Waals surface area contributed by atoms with Crippen LogP contribution in [-0.4, -0.2) is 21.6 Å². The van der Waals surface area contributed by atoms with E-state index in [9.17, 15) is 0 Å². The lowest BCUT2D eigenvalue weighted by molar-refractivity contribution is 0.812. The van der Waals surface area contributed by atoms with E-state index >= 15 is 0 Å². The number of hydrogen-bond acceptors (Lipinski definition) is 2. The Kier molecular flexibility index (Phi) is 2.87. The standard InChI is InChI=1S/C15H18N4/c1-10-12(8-16-2)7-13(18-10)11-4-5-15-14(6-11)17-9-19(15)3/h4-7,9,16,18H,8H2,1-3H3. The van der Waals surface area contributed by atoms with Crippen LogP contribution in [0.25, 0.3) is 22.3 Å². The van der Waals surface area contributed by atoms with E-state index in [0.29, 0.717) is 0 Å². The van der Waals surface area contributed by atoms with Gasteiger partial charge in [-0.1, -0.05) is 6.07 Å². The predicted octanol–water partition coefficient (Wildman–Crippen LogP) is 2.60. The number of H-pyrrole nitrogens is 1. The van der Waals surface area contributed by atoms with Crippen LogP contribution < -0.4 is 5.32 Å². The summed E-state index contributed by atoms with van der Waals surface area (Å²) in [6.07, 6.45) is 1.85. The Bertz CT molecular complexity index is 721. The average Bonchev–Trinajstić information content (AvgIpc) is 2.95. The van der Waals surface area contributed by atoms with Crippen molar-refractivity contribution in [3.05, 3.63) is 41.9 Å². The minimum Gasteiger partial charge on any atom is -0.358 e. The lowest BCUT2D eigenvalue weighted by atomic mass is 10.1. The Labute approximate surface area is 112 Å². The smallest absolute Gasteiger partial charge is 0.0955 e. The van der Waals surface area contributed by atoms with Crippen LogP contribution in [0.4, 0.5) is 0 Å². The Hall–Kier alpha value is -2.07. The molecule has 0 radical (unpaired) electrons. The van der Waals surface area contributed by atoms with Crippen LogP contribution >= 0.6 is 0 Å². The molecule has 19 heavy (non-hydrogen) atoms. The van der Waals surface area contributed by atoms with Crippen molar-refractivity contribution in [3.63, 3.8) is 0 Å². The number of benzene rings is 1. The molecule has 3 aromatic rings. The normalized spacial score (nSPS) is 11.3. The summed E-state index contributed by atoms with van der Waals surface area (Å²) < 4.78 is 2.03. The van der Waals surface area contributed by atoms with Gasteiger partial charge in [-0.05, 0) is 37.7 Å². The van der Waals surface area contributed by atoms with Crippen LogP contribution in [0.5, 0.6) is 0 Å². The summed E-state index contributed by atoms with van der Waals surface area (Å²) in [7, 11) is 3.98. The fourth-order valence-electron chi connectivity index (χ4n) is 2.43. The van der Waals surface area contributed by atoms with E-state index in [1.54, 1.807) is 0 Å². The first-order valence-electron chi connectivity index (χ1n) is 6.43. The molecule has 0 saturated heterocycles. The molecule has 0 aliphatic rings. The van der Waals surface area contributed by atoms with Crippen molar-refractivity contribution < 1.29 is 0 Å². The Morgan fingerprint density at radius 3 is 2.95 bits per heavy atom. The van der Waals surface area contributed by atoms with Gasteiger partial charge in [0, 0.05) is 30.5 Å². The minimum atomic E-state index is 0.883. The average molecular weight is 254 g/mol. The number of nitrogens with one attached hydrogen (secondary N) is 2. The van der Waals surface area contributed by atoms with E-state index < -0.39 is 0 Å². The van der Waals surface area contributed by atoms with Gasteiger partial charge in [-0.15, -0.1) is 0 Å². The van der Waals surface area contributed by atoms with Crippen molar-refractivity contribution in [2.45, 2.75) is 13.5 Å². The summed E-state index contributed by atoms with van der Waals surface area (Å²) in [5.74, 6) is 0. The molecule has 0 atom stereocenters. The molecule has 0 fully saturated rings. The van der Waals surface area contributed by atoms with Crippen LogP contribution in [0.2, 0.25) is 0 Å². The number of fused-ring (bicyclic) bond motifs is 1. The first-order chi connectivity index (χ1) is 9.19. The monoisotopic (exact) mass is 254 g/mol. The summed E-state index contributed by atoms with van der Waals surface area (Å²) in [5.41, 5.74) is 7.03. The maximum absolute atomic E-state index is 4.41. The summed E-state index contributed by atoms with van der Waals surface area (Å²) >= 11 is 0. The molecule has 0 spiro atoms. The van der Waals surface area contributed by atoms with Crippen molar-refractivity contribution in [2.75, 3.05) is 7.05 Å². The summed E-state index contributed by atoms with van der Waals surface area (Å²) in [4.78, 5) is 7.85. The molecular formula is C15H18N4. The van der Waals surface area contributed by atoms with Gasteiger partial charge >= 0.3 is 0 Å². The zero-order chi connectivity index (χ0) is 13.4. The Balaban J connectivity index is 2.05. The fraction of sp³-hybridized carbons (Fsp3) is 0.267. The van der Waals surface area contributed by atoms with Crippen LogP contribution in [0.3, 0.4) is 0 Å². The largest absolute Gasteiger partial charge is 0.358 e. The van der Waals surface area contributed by atoms with Gasteiger partial charge in [0.25, 0.3) is 0 Å². The number of aromatic nitrogens is 3. The van der Waals surface area contributed by atoms with Crippen molar-refractivity contribution >= 4 is 11.0 Å². The van der Waals surface area contributed by atoms with Crippen LogP contribution in [0.1, 0.15) is 11.3 Å². The molecular weight excluding hydrogens is 236 g/mol. The summed E-state index contributed by atoms with van der Waals surface area (Å²) in [6.45, 7) is 2.99. The molecule has 2 N–H and O–H groups in total. The molecule has 2 heterocycles. The zero-order valence-corrected chi connectivity index (χ0v) is 11.5. The van der Waals surface area contributed by atoms with Gasteiger partial charge in [-0.3, -0.25) is 0 Å². The lowest BCUT2D eigenvalue weighted by Gasteiger charge is -1.99. The second-order valence-electron chi connectivity index (χ2n) is 4.92. The minimum absolute atomic E-state index is 0.883. The number of rotatable bonds is 3. The van der Waals surface area contributed by atoms with E-state index in [0.717, 1.165) is 23.3 Å². The van der Waals surface area contributed by atoms with Crippen LogP contribution in [0.15, 0.2) is 30.6 Å². The van der Waals surface area contributed by atoms with Gasteiger partial charge in [0.05, 0.1) is 17.4 Å². The van der Waals surface area contributed by atoms with Crippen molar-refractivity contribution in [2.24, 2.45) is 7.05 Å². The predicted molar refractivity (Wildman–Crippen MR) is 78.0 cm³/mol. The SMILES string of the molecule is CNCc1cc(-c2ccc3c(c2)ncn3C)[nH]c1C. The van der Waals surface area contributed by atoms with Gasteiger partial charge in [0.1, 0.15) is 0 Å². The second-order valence-corrected chi connectivity index (χ2v) is 4.92. The maximum atomic E-state index is 4.41. The highest BCUT2D eigenvalue weighted by atomic mass is 15.0. The molecule has 4 heteroatoms. The third-order valence-electron chi connectivity index (χ3n) is 3.53. The van der Waals surface area contributed by atoms with E-state index in [-0.39, 0.29) is 0 Å². The van der Waals surface area contributed by atoms with E-state index in [2.05, 4.69) is 46.5 Å². The fourth-order valence-corrected chi connectivity index (χ4v) is 2.43. The zero-order valence-electron chi connectivity index (χ0n) is 11.5. The third-order valence-corrected chi connectivity index (χ3v) is 3.53. The highest BCUT2D eigenvalue weighted by Gasteiger charge is 2.07. The molecule has 0 unspecified atom stereocenters. The molecule has 0 aliphatic carbocycles. The van der Waals surface area contributed by atoms with Crippen LogP contribution in [-0.2, 0) is 13.6 Å². The third kappa shape index (κ3) is 2.04. The van der Waals surface area contributed by atoms with Gasteiger partial charge in [-0.2, -0.15) is 0 Å². The number of nitrogens with zero attached hydrogens (tertiary/aromatic N) is 2. The molecule has 3 rings (SSSR count). The summed E-state index contributed by atoms with van der Waals surface area (Å²) in [6, 6.07) is 8.59. The van der Waals surface area contributed by atoms with Crippen molar-refractivity contribution in [1.29, 1.82) is 0 Å². The molecule has 1 aromatic carbocycles. The Morgan fingerprint density at radius 1 is 1.32 bits per heavy atom. The summed E-state index contributed by atoms with van der Waals surface area (Å²) in [5, 5.41) is 3.19. The van der Waals surface area contributed by atoms with E-state index in [1.165, 1.54) is 16.8 Å². The van der Waals surface area contributed by atoms with Gasteiger partial charge in [0.2, 0.25) is 0 Å². The van der Waals surface area contributed by atoms with Gasteiger partial charge in [-0.25, -0.2) is 4.98 Å². The molecule has 0 bridgehead atoms. The molecule has 2 aromatic heterocycles. The number of aryl methyl sites for hydroxylation is 2. The van der Waals surface area contributed by atoms with Crippen LogP contribution in [0, 0.1) is 6.92 Å². The first kappa shape index (κ1) is 12.0. The number of imidazole rings is 1. The first-order valence-corrected chi connectivity index (χ1v) is 6.43. The molecule has 0 amide bonds. The van der Waals surface area contributed by atoms with E-state index in [1.807, 2.05) is 25.0 Å². The molecule has 98 valence electrons. The number of hydrogen-bond donors (Lipinski definition) is 2. The van der Waals surface area contributed by atoms with Gasteiger partial charge < -0.3 is 14.9 Å². The highest BCUT2D eigenvalue weighted by Crippen LogP contribution is 2.25. The molecule has 4 nitrogen and oxygen atoms in total. The quantitative estimate of drug-likeness (QED) is 0.754. The second kappa shape index (κ2) is 4.55. The number of aromatic amines is 1. The maximum Gasteiger partial charge on any atom is 0.0955 e. The highest BCUT2D eigenvalue weighted by molar-refractivity contribution is 5.81. The van der Waals surface area contributed by atoms with Gasteiger partial charge in [0.15, 0.2) is 0 Å². The van der Waals surface area contributed by atoms with Crippen molar-refractivity contribution in [3.8, 4) is 11.3 Å². The van der Waals surface area contributed by atoms with Crippen molar-refractivity contribution in [1.82, 2.24) is 19.9 Å². The Morgan fingerprint density at radius 2 is 2.16 bits per heavy atom. The topological polar surface area (TPSA) is 45.6 Å². The van der Waals surface area contributed by atoms with E-state index in [4.69, 9.17) is 0 Å². The lowest BCUT2D eigenvalue weighted by Crippen LogP contribution is -2.04. The molecule has 0 aliphatic heterocycles. The molecule has 0 saturated carbocycles.